The number of aryl methyl sites for hydroxylation is 1. The smallest absolute Gasteiger partial charge is 0.303 e. The molecule has 4 nitrogen and oxygen atoms in total. The van der Waals surface area contributed by atoms with Crippen LogP contribution in [0.15, 0.2) is 24.3 Å². The molecule has 2 N–H and O–H groups in total. The average molecular weight is 291 g/mol. The number of carbonyl (C=O) groups is 2. The van der Waals surface area contributed by atoms with Crippen molar-refractivity contribution in [2.24, 2.45) is 11.8 Å². The molecule has 0 aliphatic carbocycles. The molecular weight excluding hydrogens is 266 g/mol. The summed E-state index contributed by atoms with van der Waals surface area (Å²) in [5.41, 5.74) is 2.10. The van der Waals surface area contributed by atoms with Gasteiger partial charge in [-0.05, 0) is 36.3 Å². The molecule has 4 heteroatoms. The van der Waals surface area contributed by atoms with Crippen LogP contribution >= 0.6 is 0 Å². The van der Waals surface area contributed by atoms with Crippen LogP contribution in [0.4, 0.5) is 0 Å². The number of amides is 1. The highest BCUT2D eigenvalue weighted by Gasteiger charge is 2.16. The first-order valence-corrected chi connectivity index (χ1v) is 7.41. The molecule has 0 aromatic heterocycles. The summed E-state index contributed by atoms with van der Waals surface area (Å²) in [5.74, 6) is -0.455. The summed E-state index contributed by atoms with van der Waals surface area (Å²) in [4.78, 5) is 22.8. The Bertz CT molecular complexity index is 483. The van der Waals surface area contributed by atoms with Crippen LogP contribution in [0.3, 0.4) is 0 Å². The summed E-state index contributed by atoms with van der Waals surface area (Å²) < 4.78 is 0. The van der Waals surface area contributed by atoms with Gasteiger partial charge in [-0.15, -0.1) is 0 Å². The van der Waals surface area contributed by atoms with E-state index in [-0.39, 0.29) is 18.2 Å². The van der Waals surface area contributed by atoms with Crippen molar-refractivity contribution >= 4 is 11.9 Å². The van der Waals surface area contributed by atoms with Crippen molar-refractivity contribution in [3.8, 4) is 0 Å². The highest BCUT2D eigenvalue weighted by atomic mass is 16.4. The summed E-state index contributed by atoms with van der Waals surface area (Å²) in [6.07, 6.45) is 1.24. The Morgan fingerprint density at radius 3 is 2.48 bits per heavy atom. The highest BCUT2D eigenvalue weighted by molar-refractivity contribution is 5.79. The standard InChI is InChI=1S/C17H25NO3/c1-12(2)8-14(9-17(20)21)11-18-16(19)10-15-7-5-4-6-13(15)3/h4-7,12,14H,8-11H2,1-3H3,(H,18,19)(H,20,21). The van der Waals surface area contributed by atoms with Crippen LogP contribution in [0, 0.1) is 18.8 Å². The number of nitrogens with one attached hydrogen (secondary N) is 1. The lowest BCUT2D eigenvalue weighted by Crippen LogP contribution is -2.32. The van der Waals surface area contributed by atoms with E-state index < -0.39 is 5.97 Å². The second-order valence-corrected chi connectivity index (χ2v) is 6.00. The maximum Gasteiger partial charge on any atom is 0.303 e. The number of carboxylic acids is 1. The van der Waals surface area contributed by atoms with E-state index in [1.807, 2.05) is 31.2 Å². The summed E-state index contributed by atoms with van der Waals surface area (Å²) in [6.45, 7) is 6.53. The third kappa shape index (κ3) is 6.93. The van der Waals surface area contributed by atoms with E-state index >= 15 is 0 Å². The molecule has 116 valence electrons. The summed E-state index contributed by atoms with van der Waals surface area (Å²) in [6, 6.07) is 7.79. The van der Waals surface area contributed by atoms with Crippen molar-refractivity contribution in [1.29, 1.82) is 0 Å². The first kappa shape index (κ1) is 17.2. The molecule has 0 radical (unpaired) electrons. The van der Waals surface area contributed by atoms with Gasteiger partial charge in [-0.25, -0.2) is 0 Å². The van der Waals surface area contributed by atoms with Crippen LogP contribution in [0.1, 0.15) is 37.8 Å². The molecular formula is C17H25NO3. The topological polar surface area (TPSA) is 66.4 Å². The Morgan fingerprint density at radius 1 is 1.24 bits per heavy atom. The Balaban J connectivity index is 2.49. The Labute approximate surface area is 126 Å². The number of hydrogen-bond donors (Lipinski definition) is 2. The third-order valence-corrected chi connectivity index (χ3v) is 3.47. The van der Waals surface area contributed by atoms with Gasteiger partial charge in [0.25, 0.3) is 0 Å². The van der Waals surface area contributed by atoms with Crippen LogP contribution in [0.25, 0.3) is 0 Å². The molecule has 1 aromatic carbocycles. The molecule has 0 bridgehead atoms. The minimum atomic E-state index is -0.811. The molecule has 1 unspecified atom stereocenters. The van der Waals surface area contributed by atoms with E-state index in [0.717, 1.165) is 17.5 Å². The van der Waals surface area contributed by atoms with Gasteiger partial charge in [-0.3, -0.25) is 9.59 Å². The molecule has 1 amide bonds. The lowest BCUT2D eigenvalue weighted by atomic mass is 9.94. The SMILES string of the molecule is Cc1ccccc1CC(=O)NCC(CC(=O)O)CC(C)C. The van der Waals surface area contributed by atoms with Gasteiger partial charge in [0.15, 0.2) is 0 Å². The fraction of sp³-hybridized carbons (Fsp3) is 0.529. The third-order valence-electron chi connectivity index (χ3n) is 3.47. The van der Waals surface area contributed by atoms with Gasteiger partial charge >= 0.3 is 5.97 Å². The predicted octanol–water partition coefficient (Wildman–Crippen LogP) is 2.79. The summed E-state index contributed by atoms with van der Waals surface area (Å²) in [5, 5.41) is 11.8. The van der Waals surface area contributed by atoms with E-state index in [0.29, 0.717) is 18.9 Å². The molecule has 0 saturated carbocycles. The fourth-order valence-electron chi connectivity index (χ4n) is 2.45. The zero-order chi connectivity index (χ0) is 15.8. The second kappa shape index (κ2) is 8.45. The van der Waals surface area contributed by atoms with Crippen molar-refractivity contribution in [1.82, 2.24) is 5.32 Å². The molecule has 0 spiro atoms. The first-order valence-electron chi connectivity index (χ1n) is 7.41. The zero-order valence-corrected chi connectivity index (χ0v) is 13.1. The predicted molar refractivity (Wildman–Crippen MR) is 83.1 cm³/mol. The number of hydrogen-bond acceptors (Lipinski definition) is 2. The Kier molecular flexibility index (Phi) is 6.92. The Hall–Kier alpha value is -1.84. The first-order chi connectivity index (χ1) is 9.88. The molecule has 0 heterocycles. The van der Waals surface area contributed by atoms with Crippen molar-refractivity contribution in [2.45, 2.75) is 40.0 Å². The average Bonchev–Trinajstić information content (AvgIpc) is 2.37. The molecule has 21 heavy (non-hydrogen) atoms. The van der Waals surface area contributed by atoms with Crippen molar-refractivity contribution in [2.75, 3.05) is 6.54 Å². The Morgan fingerprint density at radius 2 is 1.90 bits per heavy atom. The van der Waals surface area contributed by atoms with Crippen molar-refractivity contribution in [3.05, 3.63) is 35.4 Å². The van der Waals surface area contributed by atoms with Gasteiger partial charge in [0.2, 0.25) is 5.91 Å². The molecule has 1 aromatic rings. The molecule has 0 aliphatic rings. The van der Waals surface area contributed by atoms with Crippen LogP contribution in [-0.4, -0.2) is 23.5 Å². The normalized spacial score (nSPS) is 12.2. The van der Waals surface area contributed by atoms with Gasteiger partial charge in [-0.2, -0.15) is 0 Å². The van der Waals surface area contributed by atoms with Crippen LogP contribution in [-0.2, 0) is 16.0 Å². The number of rotatable bonds is 8. The van der Waals surface area contributed by atoms with Gasteiger partial charge in [0.05, 0.1) is 6.42 Å². The van der Waals surface area contributed by atoms with Crippen LogP contribution in [0.5, 0.6) is 0 Å². The van der Waals surface area contributed by atoms with E-state index in [2.05, 4.69) is 19.2 Å². The number of carboxylic acid groups (broad SMARTS) is 1. The van der Waals surface area contributed by atoms with Gasteiger partial charge in [0, 0.05) is 13.0 Å². The number of aliphatic carboxylic acids is 1. The number of carbonyl (C=O) groups excluding carboxylic acids is 1. The summed E-state index contributed by atoms with van der Waals surface area (Å²) in [7, 11) is 0. The molecule has 0 aliphatic heterocycles. The number of benzene rings is 1. The van der Waals surface area contributed by atoms with Crippen molar-refractivity contribution < 1.29 is 14.7 Å². The van der Waals surface area contributed by atoms with Gasteiger partial charge < -0.3 is 10.4 Å². The monoisotopic (exact) mass is 291 g/mol. The minimum Gasteiger partial charge on any atom is -0.481 e. The molecule has 0 saturated heterocycles. The lowest BCUT2D eigenvalue weighted by molar-refractivity contribution is -0.138. The van der Waals surface area contributed by atoms with Crippen molar-refractivity contribution in [3.63, 3.8) is 0 Å². The maximum atomic E-state index is 12.0. The molecule has 0 fully saturated rings. The zero-order valence-electron chi connectivity index (χ0n) is 13.1. The van der Waals surface area contributed by atoms with Gasteiger partial charge in [-0.1, -0.05) is 38.1 Å². The largest absolute Gasteiger partial charge is 0.481 e. The quantitative estimate of drug-likeness (QED) is 0.774. The van der Waals surface area contributed by atoms with E-state index in [1.165, 1.54) is 0 Å². The molecule has 1 rings (SSSR count). The van der Waals surface area contributed by atoms with Crippen LogP contribution in [0.2, 0.25) is 0 Å². The maximum absolute atomic E-state index is 12.0. The second-order valence-electron chi connectivity index (χ2n) is 6.00. The fourth-order valence-corrected chi connectivity index (χ4v) is 2.45. The minimum absolute atomic E-state index is 0.0108. The lowest BCUT2D eigenvalue weighted by Gasteiger charge is -2.18. The van der Waals surface area contributed by atoms with Crippen LogP contribution < -0.4 is 5.32 Å². The molecule has 1 atom stereocenters. The summed E-state index contributed by atoms with van der Waals surface area (Å²) >= 11 is 0. The highest BCUT2D eigenvalue weighted by Crippen LogP contribution is 2.15. The van der Waals surface area contributed by atoms with E-state index in [9.17, 15) is 9.59 Å². The van der Waals surface area contributed by atoms with Gasteiger partial charge in [0.1, 0.15) is 0 Å². The van der Waals surface area contributed by atoms with E-state index in [1.54, 1.807) is 0 Å². The van der Waals surface area contributed by atoms with E-state index in [4.69, 9.17) is 5.11 Å².